The molecule has 0 bridgehead atoms. The van der Waals surface area contributed by atoms with E-state index in [0.29, 0.717) is 18.3 Å². The predicted molar refractivity (Wildman–Crippen MR) is 56.4 cm³/mol. The van der Waals surface area contributed by atoms with Crippen LogP contribution in [0.5, 0.6) is 0 Å². The van der Waals surface area contributed by atoms with Crippen molar-refractivity contribution in [2.45, 2.75) is 0 Å². The molecule has 1 aromatic heterocycles. The third-order valence-electron chi connectivity index (χ3n) is 1.42. The van der Waals surface area contributed by atoms with Gasteiger partial charge in [0.1, 0.15) is 0 Å². The molecule has 1 amide bonds. The maximum absolute atomic E-state index is 11.2. The normalized spacial score (nSPS) is 10.1. The number of H-pyrrole nitrogens is 1. The van der Waals surface area contributed by atoms with Crippen LogP contribution < -0.4 is 5.32 Å². The number of nitrogens with one attached hydrogen (secondary N) is 2. The molecule has 0 unspecified atom stereocenters. The zero-order valence-corrected chi connectivity index (χ0v) is 8.76. The van der Waals surface area contributed by atoms with E-state index in [1.54, 1.807) is 19.5 Å². The predicted octanol–water partition coefficient (Wildman–Crippen LogP) is 0.728. The quantitative estimate of drug-likeness (QED) is 0.686. The van der Waals surface area contributed by atoms with Gasteiger partial charge < -0.3 is 9.72 Å². The lowest BCUT2D eigenvalue weighted by atomic mass is 10.7. The minimum Gasteiger partial charge on any atom is -0.384 e. The third-order valence-corrected chi connectivity index (χ3v) is 2.34. The first-order chi connectivity index (χ1) is 6.83. The summed E-state index contributed by atoms with van der Waals surface area (Å²) in [7, 11) is 1.64. The van der Waals surface area contributed by atoms with Crippen LogP contribution in [0.3, 0.4) is 0 Å². The Hall–Kier alpha value is -1.01. The van der Waals surface area contributed by atoms with Crippen LogP contribution in [0.25, 0.3) is 0 Å². The molecular formula is C8H13N3O2S. The van der Waals surface area contributed by atoms with E-state index in [1.807, 2.05) is 0 Å². The second kappa shape index (κ2) is 6.44. The summed E-state index contributed by atoms with van der Waals surface area (Å²) in [5, 5.41) is 2.63. The van der Waals surface area contributed by atoms with Crippen molar-refractivity contribution in [2.75, 3.05) is 30.5 Å². The summed E-state index contributed by atoms with van der Waals surface area (Å²) in [6.07, 6.45) is 3.25. The SMILES string of the molecule is COCCSCC(=O)Nc1ncc[nH]1. The summed E-state index contributed by atoms with van der Waals surface area (Å²) in [5.74, 6) is 1.68. The Balaban J connectivity index is 2.11. The monoisotopic (exact) mass is 215 g/mol. The number of nitrogens with zero attached hydrogens (tertiary/aromatic N) is 1. The maximum atomic E-state index is 11.2. The lowest BCUT2D eigenvalue weighted by Gasteiger charge is -2.01. The van der Waals surface area contributed by atoms with Crippen molar-refractivity contribution in [3.63, 3.8) is 0 Å². The standard InChI is InChI=1S/C8H13N3O2S/c1-13-4-5-14-6-7(12)11-8-9-2-3-10-8/h2-3H,4-6H2,1H3,(H2,9,10,11,12). The number of imidazole rings is 1. The molecule has 0 aliphatic carbocycles. The summed E-state index contributed by atoms with van der Waals surface area (Å²) in [4.78, 5) is 17.9. The first kappa shape index (κ1) is 11.1. The van der Waals surface area contributed by atoms with Crippen molar-refractivity contribution < 1.29 is 9.53 Å². The number of ether oxygens (including phenoxy) is 1. The van der Waals surface area contributed by atoms with Crippen molar-refractivity contribution in [2.24, 2.45) is 0 Å². The zero-order valence-electron chi connectivity index (χ0n) is 7.95. The van der Waals surface area contributed by atoms with Crippen LogP contribution in [0, 0.1) is 0 Å². The number of carbonyl (C=O) groups is 1. The lowest BCUT2D eigenvalue weighted by molar-refractivity contribution is -0.113. The number of thioether (sulfide) groups is 1. The Morgan fingerprint density at radius 2 is 2.64 bits per heavy atom. The molecule has 0 atom stereocenters. The summed E-state index contributed by atoms with van der Waals surface area (Å²) in [6.45, 7) is 0.665. The van der Waals surface area contributed by atoms with Crippen LogP contribution in [0.15, 0.2) is 12.4 Å². The van der Waals surface area contributed by atoms with E-state index in [4.69, 9.17) is 4.74 Å². The molecule has 1 rings (SSSR count). The number of aromatic amines is 1. The fourth-order valence-electron chi connectivity index (χ4n) is 0.809. The highest BCUT2D eigenvalue weighted by molar-refractivity contribution is 7.99. The van der Waals surface area contributed by atoms with Gasteiger partial charge in [0.05, 0.1) is 12.4 Å². The first-order valence-corrected chi connectivity index (χ1v) is 5.34. The van der Waals surface area contributed by atoms with E-state index >= 15 is 0 Å². The van der Waals surface area contributed by atoms with E-state index in [0.717, 1.165) is 5.75 Å². The minimum atomic E-state index is -0.0546. The number of hydrogen-bond acceptors (Lipinski definition) is 4. The van der Waals surface area contributed by atoms with Crippen molar-refractivity contribution >= 4 is 23.6 Å². The number of methoxy groups -OCH3 is 1. The van der Waals surface area contributed by atoms with E-state index in [1.165, 1.54) is 11.8 Å². The number of anilines is 1. The Bertz CT molecular complexity index is 264. The molecule has 14 heavy (non-hydrogen) atoms. The Labute approximate surface area is 86.6 Å². The van der Waals surface area contributed by atoms with Crippen LogP contribution in [-0.4, -0.2) is 41.1 Å². The van der Waals surface area contributed by atoms with Crippen LogP contribution in [-0.2, 0) is 9.53 Å². The molecule has 0 fully saturated rings. The van der Waals surface area contributed by atoms with Gasteiger partial charge in [-0.1, -0.05) is 0 Å². The molecule has 0 aromatic carbocycles. The fraction of sp³-hybridized carbons (Fsp3) is 0.500. The largest absolute Gasteiger partial charge is 0.384 e. The minimum absolute atomic E-state index is 0.0546. The molecule has 5 nitrogen and oxygen atoms in total. The zero-order chi connectivity index (χ0) is 10.2. The molecule has 0 aliphatic rings. The molecule has 78 valence electrons. The summed E-state index contributed by atoms with van der Waals surface area (Å²) >= 11 is 1.53. The molecule has 2 N–H and O–H groups in total. The van der Waals surface area contributed by atoms with E-state index in [2.05, 4.69) is 15.3 Å². The van der Waals surface area contributed by atoms with Gasteiger partial charge in [-0.15, -0.1) is 11.8 Å². The summed E-state index contributed by atoms with van der Waals surface area (Å²) in [5.41, 5.74) is 0. The average molecular weight is 215 g/mol. The molecule has 0 saturated carbocycles. The Morgan fingerprint density at radius 1 is 1.79 bits per heavy atom. The van der Waals surface area contributed by atoms with Crippen molar-refractivity contribution in [1.82, 2.24) is 9.97 Å². The second-order valence-electron chi connectivity index (χ2n) is 2.53. The molecule has 0 spiro atoms. The highest BCUT2D eigenvalue weighted by Crippen LogP contribution is 2.01. The van der Waals surface area contributed by atoms with E-state index in [9.17, 15) is 4.79 Å². The van der Waals surface area contributed by atoms with Crippen molar-refractivity contribution in [3.05, 3.63) is 12.4 Å². The van der Waals surface area contributed by atoms with Crippen LogP contribution >= 0.6 is 11.8 Å². The molecule has 1 heterocycles. The van der Waals surface area contributed by atoms with Gasteiger partial charge >= 0.3 is 0 Å². The molecule has 1 aromatic rings. The molecular weight excluding hydrogens is 202 g/mol. The molecule has 6 heteroatoms. The lowest BCUT2D eigenvalue weighted by Crippen LogP contribution is -2.15. The third kappa shape index (κ3) is 4.29. The van der Waals surface area contributed by atoms with Gasteiger partial charge in [0.15, 0.2) is 0 Å². The highest BCUT2D eigenvalue weighted by atomic mass is 32.2. The van der Waals surface area contributed by atoms with Crippen LogP contribution in [0.1, 0.15) is 0 Å². The van der Waals surface area contributed by atoms with Gasteiger partial charge in [0, 0.05) is 25.3 Å². The summed E-state index contributed by atoms with van der Waals surface area (Å²) < 4.78 is 4.86. The van der Waals surface area contributed by atoms with Crippen LogP contribution in [0.4, 0.5) is 5.95 Å². The van der Waals surface area contributed by atoms with Crippen molar-refractivity contribution in [1.29, 1.82) is 0 Å². The van der Waals surface area contributed by atoms with Gasteiger partial charge in [-0.25, -0.2) is 4.98 Å². The first-order valence-electron chi connectivity index (χ1n) is 4.19. The van der Waals surface area contributed by atoms with Gasteiger partial charge in [-0.3, -0.25) is 10.1 Å². The second-order valence-corrected chi connectivity index (χ2v) is 3.64. The highest BCUT2D eigenvalue weighted by Gasteiger charge is 2.02. The summed E-state index contributed by atoms with van der Waals surface area (Å²) in [6, 6.07) is 0. The van der Waals surface area contributed by atoms with Gasteiger partial charge in [-0.2, -0.15) is 0 Å². The fourth-order valence-corrected chi connectivity index (χ4v) is 1.50. The molecule has 0 saturated heterocycles. The van der Waals surface area contributed by atoms with E-state index < -0.39 is 0 Å². The van der Waals surface area contributed by atoms with Gasteiger partial charge in [-0.05, 0) is 0 Å². The van der Waals surface area contributed by atoms with Crippen LogP contribution in [0.2, 0.25) is 0 Å². The number of hydrogen-bond donors (Lipinski definition) is 2. The Kier molecular flexibility index (Phi) is 5.09. The number of amides is 1. The number of rotatable bonds is 6. The molecule has 0 aliphatic heterocycles. The average Bonchev–Trinajstić information content (AvgIpc) is 2.65. The number of aromatic nitrogens is 2. The Morgan fingerprint density at radius 3 is 3.29 bits per heavy atom. The van der Waals surface area contributed by atoms with Crippen molar-refractivity contribution in [3.8, 4) is 0 Å². The smallest absolute Gasteiger partial charge is 0.236 e. The van der Waals surface area contributed by atoms with Gasteiger partial charge in [0.2, 0.25) is 11.9 Å². The topological polar surface area (TPSA) is 67.0 Å². The van der Waals surface area contributed by atoms with E-state index in [-0.39, 0.29) is 5.91 Å². The number of carbonyl (C=O) groups excluding carboxylic acids is 1. The maximum Gasteiger partial charge on any atom is 0.236 e. The molecule has 0 radical (unpaired) electrons. The van der Waals surface area contributed by atoms with Gasteiger partial charge in [0.25, 0.3) is 0 Å².